The third-order valence-electron chi connectivity index (χ3n) is 12.2. The van der Waals surface area contributed by atoms with Gasteiger partial charge in [-0.15, -0.1) is 0 Å². The molecule has 3 heterocycles. The van der Waals surface area contributed by atoms with Crippen LogP contribution in [-0.4, -0.2) is 65.8 Å². The number of esters is 1. The number of fused-ring (bicyclic) bond motifs is 1. The molecule has 10 rings (SSSR count). The molecule has 6 aliphatic carbocycles. The molecule has 192 valence electrons. The predicted molar refractivity (Wildman–Crippen MR) is 129 cm³/mol. The van der Waals surface area contributed by atoms with Gasteiger partial charge in [0.25, 0.3) is 0 Å². The predicted octanol–water partition coefficient (Wildman–Crippen LogP) is 3.00. The number of hydrogen-bond acceptors (Lipinski definition) is 7. The number of ether oxygens (including phenoxy) is 3. The molecule has 9 aliphatic rings. The van der Waals surface area contributed by atoms with Crippen molar-refractivity contribution in [2.45, 2.75) is 63.0 Å². The summed E-state index contributed by atoms with van der Waals surface area (Å²) in [5, 5.41) is 24.2. The Balaban J connectivity index is 1.23. The van der Waals surface area contributed by atoms with Gasteiger partial charge in [-0.2, -0.15) is 0 Å². The summed E-state index contributed by atoms with van der Waals surface area (Å²) in [5.41, 5.74) is -0.144. The van der Waals surface area contributed by atoms with Crippen LogP contribution in [0, 0.1) is 39.9 Å². The maximum absolute atomic E-state index is 13.6. The number of hydrogen-bond donors (Lipinski definition) is 2. The maximum Gasteiger partial charge on any atom is 0.338 e. The first-order valence-electron chi connectivity index (χ1n) is 13.5. The number of aliphatic hydroxyl groups excluding tert-OH is 1. The smallest absolute Gasteiger partial charge is 0.338 e. The quantitative estimate of drug-likeness (QED) is 0.493. The van der Waals surface area contributed by atoms with E-state index in [1.165, 1.54) is 0 Å². The Kier molecular flexibility index (Phi) is 3.84. The Morgan fingerprint density at radius 3 is 2.69 bits per heavy atom. The summed E-state index contributed by atoms with van der Waals surface area (Å²) in [4.78, 5) is 16.0. The minimum absolute atomic E-state index is 0.0302. The van der Waals surface area contributed by atoms with Crippen LogP contribution in [0.3, 0.4) is 0 Å². The zero-order chi connectivity index (χ0) is 25.0. The molecule has 3 aliphatic heterocycles. The minimum atomic E-state index is -0.884. The lowest BCUT2D eigenvalue weighted by molar-refractivity contribution is -0.271. The number of nitrogens with zero attached hydrogens (tertiary/aromatic N) is 1. The van der Waals surface area contributed by atoms with E-state index in [1.54, 1.807) is 32.4 Å². The SMILES string of the molecule is C=C1[C@H]2C[C@@H]3[C@H]4N5C[C@@]6(C)CCC[C@]47[C@H]([C@@H]2O)[C@]3(C[C@@]5(O)[C@H]67)[C@@H]1OC(=O)c1ccc(OC)c(OC)c1. The van der Waals surface area contributed by atoms with Gasteiger partial charge in [0, 0.05) is 42.2 Å². The van der Waals surface area contributed by atoms with E-state index >= 15 is 0 Å². The Morgan fingerprint density at radius 1 is 1.17 bits per heavy atom. The molecule has 7 nitrogen and oxygen atoms in total. The lowest BCUT2D eigenvalue weighted by Gasteiger charge is -2.67. The lowest BCUT2D eigenvalue weighted by atomic mass is 9.39. The highest BCUT2D eigenvalue weighted by molar-refractivity contribution is 5.90. The molecule has 1 unspecified atom stereocenters. The standard InChI is InChI=1S/C29H35NO6/c1-14-16-11-17-22-27-9-5-8-26(2)13-30(22)29(33,25(26)27)12-28(17,21(27)20(16)31)23(14)36-24(32)15-6-7-18(34-3)19(10-15)35-4/h6-7,10,16-17,20-23,25,31,33H,1,5,8-9,11-13H2,2-4H3/t16-,17-,20-,21+,22-,23-,25-,26-,27+,28-,29-/m1/s1. The lowest BCUT2D eigenvalue weighted by Crippen LogP contribution is -2.72. The fourth-order valence-corrected chi connectivity index (χ4v) is 11.9. The van der Waals surface area contributed by atoms with Gasteiger partial charge in [0.15, 0.2) is 11.5 Å². The van der Waals surface area contributed by atoms with Crippen molar-refractivity contribution >= 4 is 5.97 Å². The highest BCUT2D eigenvalue weighted by Crippen LogP contribution is 2.89. The summed E-state index contributed by atoms with van der Waals surface area (Å²) < 4.78 is 17.1. The van der Waals surface area contributed by atoms with Gasteiger partial charge in [-0.05, 0) is 59.8 Å². The molecule has 9 bridgehead atoms. The molecular weight excluding hydrogens is 458 g/mol. The van der Waals surface area contributed by atoms with Crippen LogP contribution < -0.4 is 9.47 Å². The Hall–Kier alpha value is -2.09. The van der Waals surface area contributed by atoms with Crippen LogP contribution in [0.5, 0.6) is 11.5 Å². The maximum atomic E-state index is 13.6. The molecule has 2 N–H and O–H groups in total. The molecular formula is C29H35NO6. The second kappa shape index (κ2) is 6.30. The van der Waals surface area contributed by atoms with Gasteiger partial charge >= 0.3 is 5.97 Å². The Labute approximate surface area is 211 Å². The highest BCUT2D eigenvalue weighted by atomic mass is 16.5. The van der Waals surface area contributed by atoms with Gasteiger partial charge in [0.2, 0.25) is 0 Å². The summed E-state index contributed by atoms with van der Waals surface area (Å²) in [6, 6.07) is 5.32. The van der Waals surface area contributed by atoms with Gasteiger partial charge in [-0.1, -0.05) is 19.9 Å². The van der Waals surface area contributed by atoms with Gasteiger partial charge in [0.05, 0.1) is 25.9 Å². The summed E-state index contributed by atoms with van der Waals surface area (Å²) in [6.07, 6.45) is 3.77. The van der Waals surface area contributed by atoms with E-state index < -0.39 is 29.3 Å². The van der Waals surface area contributed by atoms with Crippen LogP contribution in [0.25, 0.3) is 0 Å². The van der Waals surface area contributed by atoms with E-state index in [0.29, 0.717) is 29.4 Å². The fraction of sp³-hybridized carbons (Fsp3) is 0.690. The van der Waals surface area contributed by atoms with Crippen LogP contribution in [-0.2, 0) is 4.74 Å². The van der Waals surface area contributed by atoms with E-state index in [0.717, 1.165) is 37.8 Å². The second-order valence-electron chi connectivity index (χ2n) is 13.1. The van der Waals surface area contributed by atoms with Gasteiger partial charge in [0.1, 0.15) is 11.8 Å². The van der Waals surface area contributed by atoms with Crippen LogP contribution in [0.1, 0.15) is 49.4 Å². The topological polar surface area (TPSA) is 88.5 Å². The van der Waals surface area contributed by atoms with Crippen molar-refractivity contribution in [3.05, 3.63) is 35.9 Å². The number of carbonyl (C=O) groups is 1. The molecule has 0 amide bonds. The number of carbonyl (C=O) groups excluding carboxylic acids is 1. The molecule has 7 heteroatoms. The van der Waals surface area contributed by atoms with Crippen LogP contribution in [0.4, 0.5) is 0 Å². The molecule has 2 spiro atoms. The average Bonchev–Trinajstić information content (AvgIpc) is 3.22. The fourth-order valence-electron chi connectivity index (χ4n) is 11.9. The first kappa shape index (κ1) is 21.9. The number of piperidine rings is 2. The number of aliphatic hydroxyl groups is 2. The molecule has 3 saturated heterocycles. The third-order valence-corrected chi connectivity index (χ3v) is 12.2. The third kappa shape index (κ3) is 1.99. The van der Waals surface area contributed by atoms with E-state index in [9.17, 15) is 15.0 Å². The molecule has 0 aromatic heterocycles. The highest BCUT2D eigenvalue weighted by Gasteiger charge is 2.93. The first-order valence-corrected chi connectivity index (χ1v) is 13.5. The summed E-state index contributed by atoms with van der Waals surface area (Å²) in [6.45, 7) is 7.71. The average molecular weight is 494 g/mol. The van der Waals surface area contributed by atoms with Crippen molar-refractivity contribution < 1.29 is 29.2 Å². The molecule has 36 heavy (non-hydrogen) atoms. The van der Waals surface area contributed by atoms with Crippen molar-refractivity contribution in [1.82, 2.24) is 4.90 Å². The number of rotatable bonds is 4. The van der Waals surface area contributed by atoms with E-state index in [2.05, 4.69) is 18.4 Å². The van der Waals surface area contributed by atoms with Crippen molar-refractivity contribution in [2.24, 2.45) is 39.9 Å². The van der Waals surface area contributed by atoms with E-state index in [-0.39, 0.29) is 34.6 Å². The zero-order valence-electron chi connectivity index (χ0n) is 21.2. The first-order chi connectivity index (χ1) is 17.2. The largest absolute Gasteiger partial charge is 0.493 e. The second-order valence-corrected chi connectivity index (χ2v) is 13.1. The summed E-state index contributed by atoms with van der Waals surface area (Å²) in [7, 11) is 3.11. The zero-order valence-corrected chi connectivity index (χ0v) is 21.2. The van der Waals surface area contributed by atoms with E-state index in [4.69, 9.17) is 14.2 Å². The van der Waals surface area contributed by atoms with Gasteiger partial charge in [-0.25, -0.2) is 4.79 Å². The normalized spacial score (nSPS) is 54.2. The Morgan fingerprint density at radius 2 is 1.94 bits per heavy atom. The molecule has 9 fully saturated rings. The van der Waals surface area contributed by atoms with Crippen LogP contribution in [0.2, 0.25) is 0 Å². The molecule has 1 aromatic rings. The summed E-state index contributed by atoms with van der Waals surface area (Å²) >= 11 is 0. The van der Waals surface area contributed by atoms with Crippen LogP contribution in [0.15, 0.2) is 30.4 Å². The van der Waals surface area contributed by atoms with Crippen LogP contribution >= 0.6 is 0 Å². The van der Waals surface area contributed by atoms with Crippen molar-refractivity contribution in [3.8, 4) is 11.5 Å². The summed E-state index contributed by atoms with van der Waals surface area (Å²) in [5.74, 6) is 1.06. The van der Waals surface area contributed by atoms with Crippen molar-refractivity contribution in [1.29, 1.82) is 0 Å². The molecule has 0 radical (unpaired) electrons. The van der Waals surface area contributed by atoms with Gasteiger partial charge in [-0.3, -0.25) is 4.90 Å². The molecule has 6 saturated carbocycles. The monoisotopic (exact) mass is 493 g/mol. The minimum Gasteiger partial charge on any atom is -0.493 e. The van der Waals surface area contributed by atoms with Gasteiger partial charge < -0.3 is 24.4 Å². The number of benzene rings is 1. The number of methoxy groups -OCH3 is 2. The molecule has 1 aromatic carbocycles. The van der Waals surface area contributed by atoms with Crippen molar-refractivity contribution in [2.75, 3.05) is 20.8 Å². The van der Waals surface area contributed by atoms with Crippen molar-refractivity contribution in [3.63, 3.8) is 0 Å². The molecule has 12 atom stereocenters. The van der Waals surface area contributed by atoms with E-state index in [1.807, 2.05) is 0 Å². The Bertz CT molecular complexity index is 1230.